The second-order valence-electron chi connectivity index (χ2n) is 4.62. The van der Waals surface area contributed by atoms with Gasteiger partial charge in [0.2, 0.25) is 0 Å². The molecule has 7 heteroatoms. The van der Waals surface area contributed by atoms with Gasteiger partial charge in [-0.15, -0.1) is 11.3 Å². The van der Waals surface area contributed by atoms with Gasteiger partial charge in [-0.3, -0.25) is 4.99 Å². The van der Waals surface area contributed by atoms with Crippen molar-refractivity contribution < 1.29 is 5.11 Å². The second kappa shape index (κ2) is 8.49. The van der Waals surface area contributed by atoms with Crippen LogP contribution in [0.1, 0.15) is 19.8 Å². The minimum atomic E-state index is -0.209. The number of likely N-dealkylation sites (tertiary alicyclic amines) is 1. The van der Waals surface area contributed by atoms with Crippen LogP contribution in [-0.2, 0) is 0 Å². The van der Waals surface area contributed by atoms with Crippen molar-refractivity contribution in [1.82, 2.24) is 15.2 Å². The molecule has 0 saturated carbocycles. The van der Waals surface area contributed by atoms with E-state index < -0.39 is 0 Å². The van der Waals surface area contributed by atoms with E-state index in [9.17, 15) is 5.11 Å². The summed E-state index contributed by atoms with van der Waals surface area (Å²) in [6.07, 6.45) is 3.51. The van der Waals surface area contributed by atoms with Crippen LogP contribution in [0.4, 0.5) is 0 Å². The Morgan fingerprint density at radius 1 is 1.70 bits per heavy atom. The lowest BCUT2D eigenvalue weighted by Crippen LogP contribution is -2.40. The highest BCUT2D eigenvalue weighted by Crippen LogP contribution is 2.20. The first-order valence-electron chi connectivity index (χ1n) is 7.03. The van der Waals surface area contributed by atoms with Crippen molar-refractivity contribution in [2.24, 2.45) is 4.99 Å². The third-order valence-electron chi connectivity index (χ3n) is 3.00. The highest BCUT2D eigenvalue weighted by atomic mass is 32.2. The molecule has 0 unspecified atom stereocenters. The molecule has 2 rings (SSSR count). The molecule has 5 nitrogen and oxygen atoms in total. The van der Waals surface area contributed by atoms with Crippen molar-refractivity contribution in [3.8, 4) is 0 Å². The van der Waals surface area contributed by atoms with Crippen LogP contribution in [0.5, 0.6) is 0 Å². The van der Waals surface area contributed by atoms with Crippen molar-refractivity contribution in [2.75, 3.05) is 31.9 Å². The molecule has 0 amide bonds. The predicted octanol–water partition coefficient (Wildman–Crippen LogP) is 1.66. The summed E-state index contributed by atoms with van der Waals surface area (Å²) in [5.41, 5.74) is 0. The van der Waals surface area contributed by atoms with Crippen molar-refractivity contribution >= 4 is 29.1 Å². The van der Waals surface area contributed by atoms with Gasteiger partial charge in [-0.05, 0) is 19.8 Å². The Kier molecular flexibility index (Phi) is 6.62. The van der Waals surface area contributed by atoms with Crippen molar-refractivity contribution in [3.05, 3.63) is 11.6 Å². The van der Waals surface area contributed by atoms with Gasteiger partial charge in [0.1, 0.15) is 4.34 Å². The summed E-state index contributed by atoms with van der Waals surface area (Å²) in [6.45, 7) is 5.33. The molecule has 1 aromatic heterocycles. The Balaban J connectivity index is 1.71. The zero-order valence-corrected chi connectivity index (χ0v) is 13.4. The predicted molar refractivity (Wildman–Crippen MR) is 85.6 cm³/mol. The van der Waals surface area contributed by atoms with Gasteiger partial charge >= 0.3 is 0 Å². The summed E-state index contributed by atoms with van der Waals surface area (Å²) in [5, 5.41) is 14.9. The van der Waals surface area contributed by atoms with Crippen molar-refractivity contribution in [1.29, 1.82) is 0 Å². The maximum Gasteiger partial charge on any atom is 0.194 e. The maximum absolute atomic E-state index is 9.60. The number of nitrogens with one attached hydrogen (secondary N) is 1. The first kappa shape index (κ1) is 15.6. The number of hydrogen-bond acceptors (Lipinski definition) is 5. The van der Waals surface area contributed by atoms with Gasteiger partial charge in [-0.1, -0.05) is 11.8 Å². The van der Waals surface area contributed by atoms with Crippen LogP contribution in [0.3, 0.4) is 0 Å². The summed E-state index contributed by atoms with van der Waals surface area (Å²) < 4.78 is 1.13. The fourth-order valence-corrected chi connectivity index (χ4v) is 3.68. The van der Waals surface area contributed by atoms with Gasteiger partial charge in [0.15, 0.2) is 5.96 Å². The molecule has 1 fully saturated rings. The SMILES string of the molecule is CCNC(=NCCCSc1nccs1)N1CC[C@@H](O)C1. The summed E-state index contributed by atoms with van der Waals surface area (Å²) in [6, 6.07) is 0. The zero-order valence-electron chi connectivity index (χ0n) is 11.8. The number of aromatic nitrogens is 1. The van der Waals surface area contributed by atoms with Gasteiger partial charge in [-0.2, -0.15) is 0 Å². The fraction of sp³-hybridized carbons (Fsp3) is 0.692. The summed E-state index contributed by atoms with van der Waals surface area (Å²) >= 11 is 3.47. The van der Waals surface area contributed by atoms with E-state index in [1.807, 2.05) is 11.6 Å². The first-order chi connectivity index (χ1) is 9.79. The van der Waals surface area contributed by atoms with Gasteiger partial charge in [-0.25, -0.2) is 4.98 Å². The highest BCUT2D eigenvalue weighted by Gasteiger charge is 2.22. The van der Waals surface area contributed by atoms with Crippen molar-refractivity contribution in [3.63, 3.8) is 0 Å². The third kappa shape index (κ3) is 4.96. The minimum Gasteiger partial charge on any atom is -0.391 e. The van der Waals surface area contributed by atoms with E-state index in [0.717, 1.165) is 48.5 Å². The van der Waals surface area contributed by atoms with Crippen LogP contribution >= 0.6 is 23.1 Å². The second-order valence-corrected chi connectivity index (χ2v) is 6.86. The zero-order chi connectivity index (χ0) is 14.2. The quantitative estimate of drug-likeness (QED) is 0.362. The molecule has 0 aliphatic carbocycles. The topological polar surface area (TPSA) is 60.8 Å². The van der Waals surface area contributed by atoms with E-state index in [4.69, 9.17) is 0 Å². The Labute approximate surface area is 128 Å². The standard InChI is InChI=1S/C13H22N4OS2/c1-2-14-12(17-7-4-11(18)10-17)15-5-3-8-19-13-16-6-9-20-13/h6,9,11,18H,2-5,7-8,10H2,1H3,(H,14,15)/t11-/m1/s1. The van der Waals surface area contributed by atoms with Crippen molar-refractivity contribution in [2.45, 2.75) is 30.2 Å². The number of rotatable bonds is 6. The Hall–Kier alpha value is -0.790. The lowest BCUT2D eigenvalue weighted by molar-refractivity contribution is 0.188. The summed E-state index contributed by atoms with van der Waals surface area (Å²) in [7, 11) is 0. The number of thiazole rings is 1. The molecule has 1 aliphatic rings. The van der Waals surface area contributed by atoms with E-state index in [1.165, 1.54) is 0 Å². The molecule has 1 saturated heterocycles. The van der Waals surface area contributed by atoms with E-state index in [-0.39, 0.29) is 6.10 Å². The Morgan fingerprint density at radius 2 is 2.60 bits per heavy atom. The van der Waals surface area contributed by atoms with Crippen LogP contribution in [0.25, 0.3) is 0 Å². The number of aliphatic imine (C=N–C) groups is 1. The molecule has 2 N–H and O–H groups in total. The molecule has 20 heavy (non-hydrogen) atoms. The first-order valence-corrected chi connectivity index (χ1v) is 8.89. The number of aliphatic hydroxyl groups excluding tert-OH is 1. The maximum atomic E-state index is 9.60. The number of thioether (sulfide) groups is 1. The molecular weight excluding hydrogens is 292 g/mol. The van der Waals surface area contributed by atoms with Gasteiger partial charge < -0.3 is 15.3 Å². The monoisotopic (exact) mass is 314 g/mol. The van der Waals surface area contributed by atoms with Gasteiger partial charge in [0.05, 0.1) is 6.10 Å². The molecule has 1 atom stereocenters. The minimum absolute atomic E-state index is 0.209. The van der Waals surface area contributed by atoms with E-state index in [2.05, 4.69) is 27.1 Å². The molecule has 1 aliphatic heterocycles. The number of β-amino-alcohol motifs (C(OH)–C–C–N with tert-alkyl or cyclic N) is 1. The Morgan fingerprint density at radius 3 is 3.25 bits per heavy atom. The van der Waals surface area contributed by atoms with Gasteiger partial charge in [0, 0.05) is 43.5 Å². The molecule has 112 valence electrons. The molecule has 1 aromatic rings. The molecular formula is C13H22N4OS2. The van der Waals surface area contributed by atoms with E-state index >= 15 is 0 Å². The van der Waals surface area contributed by atoms with E-state index in [1.54, 1.807) is 23.1 Å². The largest absolute Gasteiger partial charge is 0.391 e. The lowest BCUT2D eigenvalue weighted by atomic mass is 10.3. The lowest BCUT2D eigenvalue weighted by Gasteiger charge is -2.20. The van der Waals surface area contributed by atoms with Crippen LogP contribution in [0.15, 0.2) is 20.9 Å². The molecule has 2 heterocycles. The van der Waals surface area contributed by atoms with Crippen LogP contribution in [0, 0.1) is 0 Å². The molecule has 0 spiro atoms. The van der Waals surface area contributed by atoms with Gasteiger partial charge in [0.25, 0.3) is 0 Å². The highest BCUT2D eigenvalue weighted by molar-refractivity contribution is 8.00. The molecule has 0 aromatic carbocycles. The smallest absolute Gasteiger partial charge is 0.194 e. The summed E-state index contributed by atoms with van der Waals surface area (Å²) in [5.74, 6) is 1.97. The fourth-order valence-electron chi connectivity index (χ4n) is 2.05. The number of aliphatic hydroxyl groups is 1. The molecule has 0 bridgehead atoms. The number of hydrogen-bond donors (Lipinski definition) is 2. The summed E-state index contributed by atoms with van der Waals surface area (Å²) in [4.78, 5) is 11.0. The van der Waals surface area contributed by atoms with Crippen LogP contribution in [0.2, 0.25) is 0 Å². The third-order valence-corrected chi connectivity index (χ3v) is 5.05. The average Bonchev–Trinajstić information content (AvgIpc) is 3.08. The Bertz CT molecular complexity index is 411. The van der Waals surface area contributed by atoms with Crippen LogP contribution < -0.4 is 5.32 Å². The normalized spacial score (nSPS) is 19.6. The number of nitrogens with zero attached hydrogens (tertiary/aromatic N) is 3. The average molecular weight is 314 g/mol. The van der Waals surface area contributed by atoms with E-state index in [0.29, 0.717) is 6.54 Å². The van der Waals surface area contributed by atoms with Crippen LogP contribution in [-0.4, -0.2) is 59.0 Å². The molecule has 0 radical (unpaired) electrons. The number of guanidine groups is 1.